The number of nitrogens with two attached hydrogens (primary N) is 2. The first-order valence-electron chi connectivity index (χ1n) is 5.38. The van der Waals surface area contributed by atoms with Crippen molar-refractivity contribution in [3.05, 3.63) is 29.3 Å². The summed E-state index contributed by atoms with van der Waals surface area (Å²) in [6, 6.07) is 6.04. The zero-order chi connectivity index (χ0) is 11.3. The standard InChI is InChI=1S/C11H19BN2O/c12-10(7-13)9-5-1-3-8(11(9)14)4-2-6-15/h1,3,5,10,15H,2,4,6-7,12-14H2. The number of rotatable bonds is 5. The fourth-order valence-corrected chi connectivity index (χ4v) is 1.68. The molecule has 3 nitrogen and oxygen atoms in total. The molecule has 15 heavy (non-hydrogen) atoms. The zero-order valence-electron chi connectivity index (χ0n) is 9.24. The Morgan fingerprint density at radius 3 is 2.73 bits per heavy atom. The molecule has 5 N–H and O–H groups in total. The van der Waals surface area contributed by atoms with Crippen LogP contribution < -0.4 is 11.5 Å². The molecule has 0 radical (unpaired) electrons. The minimum Gasteiger partial charge on any atom is -0.398 e. The summed E-state index contributed by atoms with van der Waals surface area (Å²) < 4.78 is 0. The predicted molar refractivity (Wildman–Crippen MR) is 66.6 cm³/mol. The van der Waals surface area contributed by atoms with Gasteiger partial charge in [0.15, 0.2) is 0 Å². The Labute approximate surface area is 91.9 Å². The van der Waals surface area contributed by atoms with E-state index in [1.54, 1.807) is 0 Å². The lowest BCUT2D eigenvalue weighted by Gasteiger charge is -2.15. The number of aryl methyl sites for hydroxylation is 1. The molecule has 0 aromatic heterocycles. The van der Waals surface area contributed by atoms with E-state index in [4.69, 9.17) is 16.6 Å². The SMILES string of the molecule is BC(CN)c1cccc(CCCO)c1N. The van der Waals surface area contributed by atoms with Crippen molar-refractivity contribution in [3.8, 4) is 0 Å². The van der Waals surface area contributed by atoms with Gasteiger partial charge in [0.25, 0.3) is 0 Å². The van der Waals surface area contributed by atoms with Crippen molar-refractivity contribution in [2.45, 2.75) is 18.7 Å². The monoisotopic (exact) mass is 206 g/mol. The lowest BCUT2D eigenvalue weighted by Crippen LogP contribution is -2.14. The summed E-state index contributed by atoms with van der Waals surface area (Å²) in [5.41, 5.74) is 14.8. The quantitative estimate of drug-likeness (QED) is 0.462. The van der Waals surface area contributed by atoms with Crippen LogP contribution in [0.15, 0.2) is 18.2 Å². The Balaban J connectivity index is 2.90. The molecule has 1 atom stereocenters. The van der Waals surface area contributed by atoms with Gasteiger partial charge in [-0.15, -0.1) is 0 Å². The highest BCUT2D eigenvalue weighted by atomic mass is 16.2. The molecule has 1 aromatic rings. The van der Waals surface area contributed by atoms with Gasteiger partial charge in [0.2, 0.25) is 0 Å². The number of aliphatic hydroxyl groups excluding tert-OH is 1. The van der Waals surface area contributed by atoms with Crippen LogP contribution in [0.1, 0.15) is 23.4 Å². The summed E-state index contributed by atoms with van der Waals surface area (Å²) in [6.07, 6.45) is 1.58. The second-order valence-electron chi connectivity index (χ2n) is 3.88. The van der Waals surface area contributed by atoms with Crippen LogP contribution in [0.3, 0.4) is 0 Å². The van der Waals surface area contributed by atoms with E-state index in [1.807, 2.05) is 18.2 Å². The van der Waals surface area contributed by atoms with Crippen molar-refractivity contribution in [2.75, 3.05) is 18.9 Å². The van der Waals surface area contributed by atoms with Gasteiger partial charge < -0.3 is 16.6 Å². The number of hydrogen-bond acceptors (Lipinski definition) is 3. The van der Waals surface area contributed by atoms with Gasteiger partial charge in [-0.05, 0) is 36.3 Å². The first-order valence-corrected chi connectivity index (χ1v) is 5.38. The van der Waals surface area contributed by atoms with E-state index in [9.17, 15) is 0 Å². The normalized spacial score (nSPS) is 12.7. The third kappa shape index (κ3) is 2.98. The number of hydrogen-bond donors (Lipinski definition) is 3. The van der Waals surface area contributed by atoms with Crippen molar-refractivity contribution < 1.29 is 5.11 Å². The van der Waals surface area contributed by atoms with Gasteiger partial charge in [-0.2, -0.15) is 0 Å². The van der Waals surface area contributed by atoms with Gasteiger partial charge in [0.05, 0.1) is 0 Å². The van der Waals surface area contributed by atoms with Crippen LogP contribution in [0.25, 0.3) is 0 Å². The first kappa shape index (κ1) is 12.1. The molecule has 0 amide bonds. The Morgan fingerprint density at radius 2 is 2.13 bits per heavy atom. The third-order valence-corrected chi connectivity index (χ3v) is 2.72. The fourth-order valence-electron chi connectivity index (χ4n) is 1.68. The average molecular weight is 206 g/mol. The highest BCUT2D eigenvalue weighted by Crippen LogP contribution is 2.24. The molecule has 0 saturated carbocycles. The van der Waals surface area contributed by atoms with E-state index in [1.165, 1.54) is 0 Å². The maximum absolute atomic E-state index is 8.78. The highest BCUT2D eigenvalue weighted by Gasteiger charge is 2.09. The van der Waals surface area contributed by atoms with Crippen LogP contribution in [0.5, 0.6) is 0 Å². The largest absolute Gasteiger partial charge is 0.398 e. The first-order chi connectivity index (χ1) is 7.20. The van der Waals surface area contributed by atoms with Crippen LogP contribution in [0.2, 0.25) is 0 Å². The van der Waals surface area contributed by atoms with Gasteiger partial charge in [0, 0.05) is 12.3 Å². The molecule has 0 fully saturated rings. The van der Waals surface area contributed by atoms with Crippen molar-refractivity contribution in [1.82, 2.24) is 0 Å². The van der Waals surface area contributed by atoms with Gasteiger partial charge >= 0.3 is 0 Å². The van der Waals surface area contributed by atoms with E-state index in [2.05, 4.69) is 7.85 Å². The van der Waals surface area contributed by atoms with Crippen LogP contribution in [0.4, 0.5) is 5.69 Å². The lowest BCUT2D eigenvalue weighted by atomic mass is 9.79. The summed E-state index contributed by atoms with van der Waals surface area (Å²) in [6.45, 7) is 0.809. The lowest BCUT2D eigenvalue weighted by molar-refractivity contribution is 0.288. The molecular weight excluding hydrogens is 187 g/mol. The van der Waals surface area contributed by atoms with Crippen molar-refractivity contribution in [2.24, 2.45) is 5.73 Å². The summed E-state index contributed by atoms with van der Waals surface area (Å²) >= 11 is 0. The number of benzene rings is 1. The topological polar surface area (TPSA) is 72.3 Å². The number of nitrogen functional groups attached to an aromatic ring is 1. The van der Waals surface area contributed by atoms with E-state index in [0.29, 0.717) is 12.4 Å². The van der Waals surface area contributed by atoms with Crippen LogP contribution in [-0.2, 0) is 6.42 Å². The number of aliphatic hydroxyl groups is 1. The smallest absolute Gasteiger partial charge is 0.112 e. The molecule has 0 heterocycles. The number of anilines is 1. The minimum atomic E-state index is 0.204. The summed E-state index contributed by atoms with van der Waals surface area (Å²) in [5.74, 6) is 0.291. The van der Waals surface area contributed by atoms with Crippen molar-refractivity contribution in [3.63, 3.8) is 0 Å². The zero-order valence-corrected chi connectivity index (χ0v) is 9.24. The Bertz CT molecular complexity index is 317. The molecule has 4 heteroatoms. The second-order valence-corrected chi connectivity index (χ2v) is 3.88. The van der Waals surface area contributed by atoms with Crippen molar-refractivity contribution in [1.29, 1.82) is 0 Å². The van der Waals surface area contributed by atoms with E-state index in [-0.39, 0.29) is 6.61 Å². The molecular formula is C11H19BN2O. The van der Waals surface area contributed by atoms with E-state index >= 15 is 0 Å². The summed E-state index contributed by atoms with van der Waals surface area (Å²) in [4.78, 5) is 0. The summed E-state index contributed by atoms with van der Waals surface area (Å²) in [5, 5.41) is 8.78. The molecule has 0 aliphatic rings. The van der Waals surface area contributed by atoms with Gasteiger partial charge in [-0.25, -0.2) is 0 Å². The maximum Gasteiger partial charge on any atom is 0.112 e. The second kappa shape index (κ2) is 5.78. The molecule has 0 aliphatic carbocycles. The van der Waals surface area contributed by atoms with Gasteiger partial charge in [-0.3, -0.25) is 0 Å². The molecule has 0 spiro atoms. The fraction of sp³-hybridized carbons (Fsp3) is 0.455. The Kier molecular flexibility index (Phi) is 4.65. The molecule has 1 unspecified atom stereocenters. The highest BCUT2D eigenvalue weighted by molar-refractivity contribution is 6.13. The van der Waals surface area contributed by atoms with Crippen LogP contribution in [-0.4, -0.2) is 26.1 Å². The molecule has 0 saturated heterocycles. The van der Waals surface area contributed by atoms with Gasteiger partial charge in [0.1, 0.15) is 7.85 Å². The van der Waals surface area contributed by atoms with Gasteiger partial charge in [-0.1, -0.05) is 18.2 Å². The average Bonchev–Trinajstić information content (AvgIpc) is 2.27. The van der Waals surface area contributed by atoms with Crippen molar-refractivity contribution >= 4 is 13.5 Å². The summed E-state index contributed by atoms with van der Waals surface area (Å²) in [7, 11) is 2.07. The van der Waals surface area contributed by atoms with Crippen LogP contribution in [0, 0.1) is 0 Å². The third-order valence-electron chi connectivity index (χ3n) is 2.72. The maximum atomic E-state index is 8.78. The predicted octanol–water partition coefficient (Wildman–Crippen LogP) is -0.173. The Morgan fingerprint density at radius 1 is 1.40 bits per heavy atom. The van der Waals surface area contributed by atoms with E-state index < -0.39 is 0 Å². The number of para-hydroxylation sites is 1. The minimum absolute atomic E-state index is 0.204. The van der Waals surface area contributed by atoms with E-state index in [0.717, 1.165) is 29.7 Å². The molecule has 1 rings (SSSR count). The molecule has 0 aliphatic heterocycles. The van der Waals surface area contributed by atoms with Crippen LogP contribution >= 0.6 is 0 Å². The molecule has 1 aromatic carbocycles. The molecule has 82 valence electrons. The molecule has 0 bridgehead atoms. The Hall–Kier alpha value is -0.995.